The van der Waals surface area contributed by atoms with E-state index in [1.165, 1.54) is 12.8 Å². The summed E-state index contributed by atoms with van der Waals surface area (Å²) >= 11 is 0. The number of hydrogen-bond donors (Lipinski definition) is 0. The first-order chi connectivity index (χ1) is 11.2. The van der Waals surface area contributed by atoms with Gasteiger partial charge in [-0.15, -0.1) is 0 Å². The molecular formula is C21H24F2. The Kier molecular flexibility index (Phi) is 5.09. The van der Waals surface area contributed by atoms with Gasteiger partial charge in [0.1, 0.15) is 0 Å². The molecule has 0 N–H and O–H groups in total. The van der Waals surface area contributed by atoms with Crippen molar-refractivity contribution in [1.29, 1.82) is 0 Å². The van der Waals surface area contributed by atoms with Gasteiger partial charge >= 0.3 is 0 Å². The molecule has 0 saturated heterocycles. The molecule has 0 atom stereocenters. The zero-order valence-electron chi connectivity index (χ0n) is 13.7. The van der Waals surface area contributed by atoms with Gasteiger partial charge in [-0.25, -0.2) is 8.78 Å². The third-order valence-corrected chi connectivity index (χ3v) is 5.18. The molecule has 0 unspecified atom stereocenters. The van der Waals surface area contributed by atoms with Gasteiger partial charge in [-0.1, -0.05) is 62.2 Å². The summed E-state index contributed by atoms with van der Waals surface area (Å²) in [4.78, 5) is 0. The van der Waals surface area contributed by atoms with Gasteiger partial charge in [0.25, 0.3) is 0 Å². The molecule has 0 bridgehead atoms. The number of hydrogen-bond acceptors (Lipinski definition) is 0. The van der Waals surface area contributed by atoms with Crippen molar-refractivity contribution in [2.45, 2.75) is 51.4 Å². The maximum absolute atomic E-state index is 14.6. The van der Waals surface area contributed by atoms with E-state index >= 15 is 0 Å². The molecule has 2 aromatic carbocycles. The topological polar surface area (TPSA) is 0 Å². The molecule has 0 amide bonds. The Morgan fingerprint density at radius 3 is 2.22 bits per heavy atom. The minimum Gasteiger partial charge on any atom is -0.203 e. The molecule has 1 aliphatic carbocycles. The Hall–Kier alpha value is -1.70. The van der Waals surface area contributed by atoms with Gasteiger partial charge in [-0.3, -0.25) is 0 Å². The van der Waals surface area contributed by atoms with E-state index in [1.54, 1.807) is 12.1 Å². The summed E-state index contributed by atoms with van der Waals surface area (Å²) in [7, 11) is 0. The van der Waals surface area contributed by atoms with Crippen LogP contribution in [0.4, 0.5) is 8.78 Å². The second-order valence-corrected chi connectivity index (χ2v) is 6.70. The molecule has 122 valence electrons. The SMILES string of the molecule is CCCC1CCC(c2ccc(-c3ccccc3)c(F)c2F)CC1. The molecule has 1 aliphatic rings. The highest BCUT2D eigenvalue weighted by Gasteiger charge is 2.26. The molecule has 0 aromatic heterocycles. The van der Waals surface area contributed by atoms with Crippen LogP contribution in [0.1, 0.15) is 56.9 Å². The molecule has 2 aromatic rings. The Morgan fingerprint density at radius 1 is 0.870 bits per heavy atom. The lowest BCUT2D eigenvalue weighted by atomic mass is 9.77. The Balaban J connectivity index is 1.81. The van der Waals surface area contributed by atoms with Crippen molar-refractivity contribution in [3.63, 3.8) is 0 Å². The van der Waals surface area contributed by atoms with Crippen molar-refractivity contribution >= 4 is 0 Å². The van der Waals surface area contributed by atoms with Crippen LogP contribution in [0.5, 0.6) is 0 Å². The van der Waals surface area contributed by atoms with Crippen molar-refractivity contribution in [3.8, 4) is 11.1 Å². The van der Waals surface area contributed by atoms with Crippen LogP contribution in [-0.2, 0) is 0 Å². The van der Waals surface area contributed by atoms with Crippen LogP contribution in [0, 0.1) is 17.6 Å². The van der Waals surface area contributed by atoms with Crippen LogP contribution in [0.3, 0.4) is 0 Å². The first-order valence-electron chi connectivity index (χ1n) is 8.74. The first-order valence-corrected chi connectivity index (χ1v) is 8.74. The van der Waals surface area contributed by atoms with Gasteiger partial charge in [0.05, 0.1) is 0 Å². The van der Waals surface area contributed by atoms with Gasteiger partial charge in [0.2, 0.25) is 0 Å². The summed E-state index contributed by atoms with van der Waals surface area (Å²) < 4.78 is 29.1. The van der Waals surface area contributed by atoms with Crippen molar-refractivity contribution in [3.05, 3.63) is 59.7 Å². The highest BCUT2D eigenvalue weighted by molar-refractivity contribution is 5.64. The molecule has 0 aliphatic heterocycles. The second-order valence-electron chi connectivity index (χ2n) is 6.70. The van der Waals surface area contributed by atoms with Crippen molar-refractivity contribution < 1.29 is 8.78 Å². The lowest BCUT2D eigenvalue weighted by Gasteiger charge is -2.29. The van der Waals surface area contributed by atoms with Crippen LogP contribution in [0.2, 0.25) is 0 Å². The average Bonchev–Trinajstić information content (AvgIpc) is 2.59. The Bertz CT molecular complexity index is 640. The molecule has 23 heavy (non-hydrogen) atoms. The van der Waals surface area contributed by atoms with Crippen LogP contribution < -0.4 is 0 Å². The van der Waals surface area contributed by atoms with E-state index in [0.29, 0.717) is 11.1 Å². The van der Waals surface area contributed by atoms with Gasteiger partial charge in [-0.2, -0.15) is 0 Å². The Morgan fingerprint density at radius 2 is 1.57 bits per heavy atom. The molecular weight excluding hydrogens is 290 g/mol. The van der Waals surface area contributed by atoms with E-state index in [1.807, 2.05) is 30.3 Å². The predicted molar refractivity (Wildman–Crippen MR) is 91.4 cm³/mol. The fraction of sp³-hybridized carbons (Fsp3) is 0.429. The maximum atomic E-state index is 14.6. The second kappa shape index (κ2) is 7.25. The van der Waals surface area contributed by atoms with Crippen molar-refractivity contribution in [2.75, 3.05) is 0 Å². The van der Waals surface area contributed by atoms with Gasteiger partial charge in [0.15, 0.2) is 11.6 Å². The van der Waals surface area contributed by atoms with E-state index in [2.05, 4.69) is 6.92 Å². The van der Waals surface area contributed by atoms with E-state index in [4.69, 9.17) is 0 Å². The zero-order valence-corrected chi connectivity index (χ0v) is 13.7. The highest BCUT2D eigenvalue weighted by Crippen LogP contribution is 2.40. The van der Waals surface area contributed by atoms with E-state index in [9.17, 15) is 8.78 Å². The third-order valence-electron chi connectivity index (χ3n) is 5.18. The molecule has 1 saturated carbocycles. The normalized spacial score (nSPS) is 21.3. The summed E-state index contributed by atoms with van der Waals surface area (Å²) in [6.45, 7) is 2.21. The summed E-state index contributed by atoms with van der Waals surface area (Å²) in [5.41, 5.74) is 1.64. The summed E-state index contributed by atoms with van der Waals surface area (Å²) in [6.07, 6.45) is 6.71. The molecule has 2 heteroatoms. The molecule has 0 heterocycles. The highest BCUT2D eigenvalue weighted by atomic mass is 19.2. The lowest BCUT2D eigenvalue weighted by molar-refractivity contribution is 0.303. The minimum absolute atomic E-state index is 0.169. The Labute approximate surface area is 137 Å². The fourth-order valence-corrected chi connectivity index (χ4v) is 3.89. The van der Waals surface area contributed by atoms with Crippen LogP contribution >= 0.6 is 0 Å². The molecule has 0 spiro atoms. The number of halogens is 2. The summed E-state index contributed by atoms with van der Waals surface area (Å²) in [5, 5.41) is 0. The molecule has 0 radical (unpaired) electrons. The quantitative estimate of drug-likeness (QED) is 0.588. The summed E-state index contributed by atoms with van der Waals surface area (Å²) in [5.74, 6) is -0.412. The summed E-state index contributed by atoms with van der Waals surface area (Å²) in [6, 6.07) is 12.7. The smallest absolute Gasteiger partial charge is 0.166 e. The molecule has 3 rings (SSSR count). The third kappa shape index (κ3) is 3.46. The fourth-order valence-electron chi connectivity index (χ4n) is 3.89. The van der Waals surface area contributed by atoms with Crippen molar-refractivity contribution in [1.82, 2.24) is 0 Å². The first kappa shape index (κ1) is 16.2. The van der Waals surface area contributed by atoms with Gasteiger partial charge < -0.3 is 0 Å². The van der Waals surface area contributed by atoms with Crippen LogP contribution in [0.15, 0.2) is 42.5 Å². The van der Waals surface area contributed by atoms with E-state index < -0.39 is 11.6 Å². The van der Waals surface area contributed by atoms with Crippen molar-refractivity contribution in [2.24, 2.45) is 5.92 Å². The molecule has 0 nitrogen and oxygen atoms in total. The lowest BCUT2D eigenvalue weighted by Crippen LogP contribution is -2.14. The maximum Gasteiger partial charge on any atom is 0.166 e. The van der Waals surface area contributed by atoms with Crippen LogP contribution in [0.25, 0.3) is 11.1 Å². The standard InChI is InChI=1S/C21H24F2/c1-2-6-15-9-11-17(12-10-15)19-14-13-18(20(22)21(19)23)16-7-4-3-5-8-16/h3-5,7-8,13-15,17H,2,6,9-12H2,1H3. The minimum atomic E-state index is -0.704. The number of rotatable bonds is 4. The van der Waals surface area contributed by atoms with Crippen LogP contribution in [-0.4, -0.2) is 0 Å². The largest absolute Gasteiger partial charge is 0.203 e. The van der Waals surface area contributed by atoms with Gasteiger partial charge in [-0.05, 0) is 48.6 Å². The average molecular weight is 314 g/mol. The predicted octanol–water partition coefficient (Wildman–Crippen LogP) is 6.71. The monoisotopic (exact) mass is 314 g/mol. The van der Waals surface area contributed by atoms with E-state index in [0.717, 1.165) is 37.2 Å². The number of benzene rings is 2. The molecule has 1 fully saturated rings. The zero-order chi connectivity index (χ0) is 16.2. The van der Waals surface area contributed by atoms with Gasteiger partial charge in [0, 0.05) is 5.56 Å². The van der Waals surface area contributed by atoms with E-state index in [-0.39, 0.29) is 5.92 Å².